The molecule has 1 unspecified atom stereocenters. The van der Waals surface area contributed by atoms with Gasteiger partial charge in [0.1, 0.15) is 0 Å². The summed E-state index contributed by atoms with van der Waals surface area (Å²) in [5.41, 5.74) is 1.65. The normalized spacial score (nSPS) is 24.8. The number of piperazine rings is 1. The molecule has 0 spiro atoms. The monoisotopic (exact) mass is 232 g/mol. The van der Waals surface area contributed by atoms with Crippen molar-refractivity contribution in [1.82, 2.24) is 10.2 Å². The standard InChI is InChI=1S/C15H24N2/c1-4-14-11-17(12-15(2,3)16-14)10-13-8-6-5-7-9-13/h5-9,14,16H,4,10-12H2,1-3H3. The lowest BCUT2D eigenvalue weighted by Gasteiger charge is -2.43. The van der Waals surface area contributed by atoms with E-state index in [2.05, 4.69) is 61.3 Å². The fraction of sp³-hybridized carbons (Fsp3) is 0.600. The van der Waals surface area contributed by atoms with Crippen molar-refractivity contribution in [2.45, 2.75) is 45.3 Å². The Hall–Kier alpha value is -0.860. The van der Waals surface area contributed by atoms with Gasteiger partial charge < -0.3 is 5.32 Å². The van der Waals surface area contributed by atoms with Crippen LogP contribution in [-0.4, -0.2) is 29.6 Å². The quantitative estimate of drug-likeness (QED) is 0.862. The van der Waals surface area contributed by atoms with Crippen molar-refractivity contribution in [3.63, 3.8) is 0 Å². The van der Waals surface area contributed by atoms with Crippen molar-refractivity contribution in [3.8, 4) is 0 Å². The zero-order valence-corrected chi connectivity index (χ0v) is 11.2. The highest BCUT2D eigenvalue weighted by molar-refractivity contribution is 5.14. The summed E-state index contributed by atoms with van der Waals surface area (Å²) in [5, 5.41) is 3.72. The van der Waals surface area contributed by atoms with E-state index in [1.807, 2.05) is 0 Å². The van der Waals surface area contributed by atoms with Crippen LogP contribution in [0.15, 0.2) is 30.3 Å². The van der Waals surface area contributed by atoms with E-state index >= 15 is 0 Å². The maximum Gasteiger partial charge on any atom is 0.0255 e. The molecule has 1 aromatic carbocycles. The molecule has 0 aliphatic carbocycles. The van der Waals surface area contributed by atoms with Gasteiger partial charge in [0, 0.05) is 31.2 Å². The molecule has 0 radical (unpaired) electrons. The summed E-state index contributed by atoms with van der Waals surface area (Å²) in [6.07, 6.45) is 1.20. The lowest BCUT2D eigenvalue weighted by molar-refractivity contribution is 0.109. The van der Waals surface area contributed by atoms with Crippen molar-refractivity contribution in [2.24, 2.45) is 0 Å². The molecule has 1 fully saturated rings. The topological polar surface area (TPSA) is 15.3 Å². The highest BCUT2D eigenvalue weighted by atomic mass is 15.2. The summed E-state index contributed by atoms with van der Waals surface area (Å²) in [6, 6.07) is 11.4. The third kappa shape index (κ3) is 3.55. The molecule has 1 aliphatic heterocycles. The molecule has 1 atom stereocenters. The Morgan fingerprint density at radius 1 is 1.29 bits per heavy atom. The van der Waals surface area contributed by atoms with Crippen molar-refractivity contribution < 1.29 is 0 Å². The maximum absolute atomic E-state index is 3.72. The van der Waals surface area contributed by atoms with Crippen molar-refractivity contribution >= 4 is 0 Å². The van der Waals surface area contributed by atoms with E-state index in [0.29, 0.717) is 6.04 Å². The Balaban J connectivity index is 2.01. The second kappa shape index (κ2) is 5.19. The zero-order chi connectivity index (χ0) is 12.3. The van der Waals surface area contributed by atoms with Crippen LogP contribution in [0.4, 0.5) is 0 Å². The Morgan fingerprint density at radius 3 is 2.65 bits per heavy atom. The van der Waals surface area contributed by atoms with Crippen molar-refractivity contribution in [2.75, 3.05) is 13.1 Å². The molecule has 0 bridgehead atoms. The second-order valence-corrected chi connectivity index (χ2v) is 5.79. The minimum absolute atomic E-state index is 0.230. The average molecular weight is 232 g/mol. The fourth-order valence-corrected chi connectivity index (χ4v) is 2.77. The predicted octanol–water partition coefficient (Wildman–Crippen LogP) is 2.65. The van der Waals surface area contributed by atoms with Crippen LogP contribution in [-0.2, 0) is 6.54 Å². The van der Waals surface area contributed by atoms with Gasteiger partial charge in [-0.2, -0.15) is 0 Å². The molecule has 17 heavy (non-hydrogen) atoms. The van der Waals surface area contributed by atoms with Crippen LogP contribution < -0.4 is 5.32 Å². The van der Waals surface area contributed by atoms with E-state index in [0.717, 1.165) is 19.6 Å². The number of nitrogens with one attached hydrogen (secondary N) is 1. The van der Waals surface area contributed by atoms with E-state index in [1.165, 1.54) is 12.0 Å². The number of benzene rings is 1. The van der Waals surface area contributed by atoms with Gasteiger partial charge in [0.15, 0.2) is 0 Å². The summed E-state index contributed by atoms with van der Waals surface area (Å²) in [6.45, 7) is 10.2. The number of hydrogen-bond acceptors (Lipinski definition) is 2. The summed E-state index contributed by atoms with van der Waals surface area (Å²) in [7, 11) is 0. The molecule has 1 saturated heterocycles. The molecule has 1 aliphatic rings. The third-order valence-corrected chi connectivity index (χ3v) is 3.43. The predicted molar refractivity (Wildman–Crippen MR) is 73.0 cm³/mol. The summed E-state index contributed by atoms with van der Waals surface area (Å²) < 4.78 is 0. The maximum atomic E-state index is 3.72. The lowest BCUT2D eigenvalue weighted by Crippen LogP contribution is -2.61. The van der Waals surface area contributed by atoms with E-state index in [-0.39, 0.29) is 5.54 Å². The Bertz CT molecular complexity index is 345. The Morgan fingerprint density at radius 2 is 2.00 bits per heavy atom. The van der Waals surface area contributed by atoms with Crippen LogP contribution in [0.5, 0.6) is 0 Å². The van der Waals surface area contributed by atoms with Gasteiger partial charge in [-0.25, -0.2) is 0 Å². The van der Waals surface area contributed by atoms with Crippen molar-refractivity contribution in [1.29, 1.82) is 0 Å². The van der Waals surface area contributed by atoms with Gasteiger partial charge in [-0.05, 0) is 25.8 Å². The summed E-state index contributed by atoms with van der Waals surface area (Å²) in [4.78, 5) is 2.57. The largest absolute Gasteiger partial charge is 0.307 e. The highest BCUT2D eigenvalue weighted by Gasteiger charge is 2.30. The number of nitrogens with zero attached hydrogens (tertiary/aromatic N) is 1. The number of hydrogen-bond donors (Lipinski definition) is 1. The molecule has 0 amide bonds. The van der Waals surface area contributed by atoms with Gasteiger partial charge in [0.2, 0.25) is 0 Å². The highest BCUT2D eigenvalue weighted by Crippen LogP contribution is 2.17. The first kappa shape index (κ1) is 12.6. The number of rotatable bonds is 3. The first-order valence-corrected chi connectivity index (χ1v) is 6.63. The smallest absolute Gasteiger partial charge is 0.0255 e. The molecule has 94 valence electrons. The van der Waals surface area contributed by atoms with Crippen LogP contribution in [0.2, 0.25) is 0 Å². The summed E-state index contributed by atoms with van der Waals surface area (Å²) >= 11 is 0. The van der Waals surface area contributed by atoms with Gasteiger partial charge in [-0.15, -0.1) is 0 Å². The first-order chi connectivity index (χ1) is 8.09. The van der Waals surface area contributed by atoms with Crippen LogP contribution in [0.25, 0.3) is 0 Å². The lowest BCUT2D eigenvalue weighted by atomic mass is 9.97. The van der Waals surface area contributed by atoms with Gasteiger partial charge in [-0.3, -0.25) is 4.90 Å². The van der Waals surface area contributed by atoms with Gasteiger partial charge in [0.05, 0.1) is 0 Å². The SMILES string of the molecule is CCC1CN(Cc2ccccc2)CC(C)(C)N1. The molecule has 1 aromatic rings. The van der Waals surface area contributed by atoms with Crippen LogP contribution >= 0.6 is 0 Å². The molecule has 2 nitrogen and oxygen atoms in total. The average Bonchev–Trinajstić information content (AvgIpc) is 2.28. The molecule has 2 heteroatoms. The minimum Gasteiger partial charge on any atom is -0.307 e. The van der Waals surface area contributed by atoms with Crippen LogP contribution in [0.1, 0.15) is 32.8 Å². The second-order valence-electron chi connectivity index (χ2n) is 5.79. The van der Waals surface area contributed by atoms with Gasteiger partial charge in [-0.1, -0.05) is 37.3 Å². The zero-order valence-electron chi connectivity index (χ0n) is 11.2. The minimum atomic E-state index is 0.230. The molecule has 2 rings (SSSR count). The van der Waals surface area contributed by atoms with Gasteiger partial charge in [0.25, 0.3) is 0 Å². The third-order valence-electron chi connectivity index (χ3n) is 3.43. The fourth-order valence-electron chi connectivity index (χ4n) is 2.77. The van der Waals surface area contributed by atoms with Crippen molar-refractivity contribution in [3.05, 3.63) is 35.9 Å². The van der Waals surface area contributed by atoms with E-state index in [9.17, 15) is 0 Å². The Labute approximate surface area is 105 Å². The van der Waals surface area contributed by atoms with E-state index in [4.69, 9.17) is 0 Å². The molecule has 1 N–H and O–H groups in total. The molecule has 0 aromatic heterocycles. The van der Waals surface area contributed by atoms with Crippen LogP contribution in [0, 0.1) is 0 Å². The van der Waals surface area contributed by atoms with E-state index in [1.54, 1.807) is 0 Å². The summed E-state index contributed by atoms with van der Waals surface area (Å²) in [5.74, 6) is 0. The molecule has 0 saturated carbocycles. The van der Waals surface area contributed by atoms with E-state index < -0.39 is 0 Å². The molecule has 1 heterocycles. The van der Waals surface area contributed by atoms with Gasteiger partial charge >= 0.3 is 0 Å². The molecular weight excluding hydrogens is 208 g/mol. The van der Waals surface area contributed by atoms with Crippen LogP contribution in [0.3, 0.4) is 0 Å². The first-order valence-electron chi connectivity index (χ1n) is 6.63. The molecular formula is C15H24N2. The Kier molecular flexibility index (Phi) is 3.85.